The minimum Gasteiger partial charge on any atom is -0.356 e. The zero-order valence-electron chi connectivity index (χ0n) is 16.6. The Morgan fingerprint density at radius 3 is 2.68 bits per heavy atom. The van der Waals surface area contributed by atoms with Crippen molar-refractivity contribution in [1.29, 1.82) is 0 Å². The average molecular weight is 517 g/mol. The van der Waals surface area contributed by atoms with Gasteiger partial charge in [-0.15, -0.1) is 35.3 Å². The molecule has 0 spiro atoms. The number of anilines is 1. The maximum atomic E-state index is 12.2. The van der Waals surface area contributed by atoms with Crippen molar-refractivity contribution in [2.24, 2.45) is 12.0 Å². The van der Waals surface area contributed by atoms with Crippen molar-refractivity contribution >= 4 is 47.1 Å². The third-order valence-electron chi connectivity index (χ3n) is 4.66. The Morgan fingerprint density at radius 1 is 1.29 bits per heavy atom. The molecule has 0 aliphatic carbocycles. The number of guanidine groups is 1. The second-order valence-corrected chi connectivity index (χ2v) is 7.64. The molecule has 3 rings (SSSR count). The number of hydrogen-bond donors (Lipinski definition) is 1. The third-order valence-corrected chi connectivity index (χ3v) is 5.86. The topological polar surface area (TPSA) is 78.7 Å². The fourth-order valence-corrected chi connectivity index (χ4v) is 3.93. The normalized spacial score (nSPS) is 14.8. The number of nitrogens with zero attached hydrogens (tertiary/aromatic N) is 6. The molecule has 0 atom stereocenters. The summed E-state index contributed by atoms with van der Waals surface area (Å²) in [5, 5.41) is 4.59. The first-order chi connectivity index (χ1) is 13.1. The molecule has 1 aliphatic rings. The number of halogens is 1. The quantitative estimate of drug-likeness (QED) is 0.367. The van der Waals surface area contributed by atoms with Crippen LogP contribution < -0.4 is 15.8 Å². The van der Waals surface area contributed by atoms with E-state index in [0.29, 0.717) is 5.82 Å². The van der Waals surface area contributed by atoms with Gasteiger partial charge in [0.25, 0.3) is 5.56 Å². The predicted molar refractivity (Wildman–Crippen MR) is 125 cm³/mol. The van der Waals surface area contributed by atoms with Gasteiger partial charge in [0, 0.05) is 76.7 Å². The van der Waals surface area contributed by atoms with Crippen molar-refractivity contribution in [3.05, 3.63) is 38.8 Å². The summed E-state index contributed by atoms with van der Waals surface area (Å²) in [6.07, 6.45) is 7.26. The van der Waals surface area contributed by atoms with E-state index in [1.165, 1.54) is 4.88 Å². The maximum absolute atomic E-state index is 12.2. The van der Waals surface area contributed by atoms with Crippen LogP contribution in [0.1, 0.15) is 16.8 Å². The smallest absolute Gasteiger partial charge is 0.293 e. The molecule has 1 saturated heterocycles. The molecule has 1 N–H and O–H groups in total. The molecule has 0 bridgehead atoms. The van der Waals surface area contributed by atoms with Crippen LogP contribution in [0.4, 0.5) is 5.82 Å². The molecule has 28 heavy (non-hydrogen) atoms. The largest absolute Gasteiger partial charge is 0.356 e. The molecule has 154 valence electrons. The lowest BCUT2D eigenvalue weighted by Crippen LogP contribution is -2.53. The molecule has 0 aromatic carbocycles. The van der Waals surface area contributed by atoms with E-state index in [1.54, 1.807) is 35.3 Å². The Hall–Kier alpha value is -1.69. The van der Waals surface area contributed by atoms with Crippen LogP contribution in [0.25, 0.3) is 0 Å². The summed E-state index contributed by atoms with van der Waals surface area (Å²) >= 11 is 1.78. The first kappa shape index (κ1) is 22.6. The molecule has 0 amide bonds. The fraction of sp³-hybridized carbons (Fsp3) is 0.556. The molecule has 2 aromatic rings. The van der Waals surface area contributed by atoms with Crippen LogP contribution in [0.15, 0.2) is 28.4 Å². The number of aromatic nitrogens is 3. The van der Waals surface area contributed by atoms with Crippen molar-refractivity contribution in [3.63, 3.8) is 0 Å². The van der Waals surface area contributed by atoms with E-state index >= 15 is 0 Å². The van der Waals surface area contributed by atoms with Crippen molar-refractivity contribution in [2.45, 2.75) is 19.8 Å². The number of hydrogen-bond acceptors (Lipinski definition) is 6. The van der Waals surface area contributed by atoms with Gasteiger partial charge in [-0.1, -0.05) is 6.92 Å². The fourth-order valence-electron chi connectivity index (χ4n) is 3.07. The van der Waals surface area contributed by atoms with E-state index in [9.17, 15) is 4.79 Å². The highest BCUT2D eigenvalue weighted by Gasteiger charge is 2.22. The van der Waals surface area contributed by atoms with Crippen molar-refractivity contribution in [1.82, 2.24) is 24.8 Å². The molecule has 8 nitrogen and oxygen atoms in total. The lowest BCUT2D eigenvalue weighted by Gasteiger charge is -2.36. The average Bonchev–Trinajstić information content (AvgIpc) is 3.16. The van der Waals surface area contributed by atoms with Crippen LogP contribution in [0.2, 0.25) is 0 Å². The Labute approximate surface area is 186 Å². The molecule has 2 aromatic heterocycles. The van der Waals surface area contributed by atoms with E-state index < -0.39 is 0 Å². The van der Waals surface area contributed by atoms with E-state index in [4.69, 9.17) is 0 Å². The monoisotopic (exact) mass is 517 g/mol. The van der Waals surface area contributed by atoms with Crippen molar-refractivity contribution < 1.29 is 0 Å². The van der Waals surface area contributed by atoms with Crippen LogP contribution in [0.5, 0.6) is 0 Å². The van der Waals surface area contributed by atoms with Gasteiger partial charge in [0.2, 0.25) is 0 Å². The summed E-state index contributed by atoms with van der Waals surface area (Å²) in [7, 11) is 3.56. The van der Waals surface area contributed by atoms with Crippen molar-refractivity contribution in [3.8, 4) is 0 Å². The molecule has 0 unspecified atom stereocenters. The van der Waals surface area contributed by atoms with Crippen LogP contribution in [-0.4, -0.2) is 65.2 Å². The minimum atomic E-state index is -0.0525. The Bertz CT molecular complexity index is 842. The number of thiazole rings is 1. The van der Waals surface area contributed by atoms with E-state index in [1.807, 2.05) is 18.1 Å². The highest BCUT2D eigenvalue weighted by molar-refractivity contribution is 14.0. The Morgan fingerprint density at radius 2 is 2.04 bits per heavy atom. The number of aryl methyl sites for hydroxylation is 2. The summed E-state index contributed by atoms with van der Waals surface area (Å²) in [5.74, 6) is 1.42. The van der Waals surface area contributed by atoms with Gasteiger partial charge < -0.3 is 19.7 Å². The zero-order chi connectivity index (χ0) is 19.2. The summed E-state index contributed by atoms with van der Waals surface area (Å²) in [6, 6.07) is 0. The summed E-state index contributed by atoms with van der Waals surface area (Å²) in [4.78, 5) is 31.0. The predicted octanol–water partition coefficient (Wildman–Crippen LogP) is 1.36. The molecule has 0 radical (unpaired) electrons. The lowest BCUT2D eigenvalue weighted by atomic mass is 10.3. The highest BCUT2D eigenvalue weighted by atomic mass is 127. The molecule has 3 heterocycles. The third kappa shape index (κ3) is 5.43. The minimum absolute atomic E-state index is 0. The Kier molecular flexibility index (Phi) is 8.67. The van der Waals surface area contributed by atoms with Gasteiger partial charge in [0.15, 0.2) is 11.8 Å². The Balaban J connectivity index is 0.00000280. The number of piperazine rings is 1. The molecule has 10 heteroatoms. The van der Waals surface area contributed by atoms with Crippen LogP contribution in [0, 0.1) is 0 Å². The number of aliphatic imine (C=N–C) groups is 1. The van der Waals surface area contributed by atoms with Crippen molar-refractivity contribution in [2.75, 3.05) is 44.7 Å². The van der Waals surface area contributed by atoms with Gasteiger partial charge in [-0.2, -0.15) is 0 Å². The summed E-state index contributed by atoms with van der Waals surface area (Å²) in [5.41, 5.74) is -0.0525. The zero-order valence-corrected chi connectivity index (χ0v) is 19.7. The van der Waals surface area contributed by atoms with Crippen LogP contribution >= 0.6 is 35.3 Å². The molecule has 1 aliphatic heterocycles. The van der Waals surface area contributed by atoms with Gasteiger partial charge in [-0.3, -0.25) is 9.79 Å². The molecule has 1 fully saturated rings. The van der Waals surface area contributed by atoms with Crippen LogP contribution in [-0.2, 0) is 19.9 Å². The van der Waals surface area contributed by atoms with E-state index in [0.717, 1.165) is 56.5 Å². The van der Waals surface area contributed by atoms with Gasteiger partial charge in [0.05, 0.1) is 5.01 Å². The maximum Gasteiger partial charge on any atom is 0.293 e. The second-order valence-electron chi connectivity index (χ2n) is 6.44. The van der Waals surface area contributed by atoms with Gasteiger partial charge in [-0.05, 0) is 6.42 Å². The van der Waals surface area contributed by atoms with Gasteiger partial charge in [-0.25, -0.2) is 9.97 Å². The standard InChI is InChI=1S/C18H27N7OS.HI/c1-4-14-13-22-15(27-14)5-6-21-18(19-2)25-11-9-24(10-12-25)16-17(26)23(3)8-7-20-16;/h7-8,13H,4-6,9-12H2,1-3H3,(H,19,21);1H. The molecule has 0 saturated carbocycles. The van der Waals surface area contributed by atoms with Gasteiger partial charge >= 0.3 is 0 Å². The summed E-state index contributed by atoms with van der Waals surface area (Å²) < 4.78 is 1.57. The SMILES string of the molecule is CCc1cnc(CCNC(=NC)N2CCN(c3nccn(C)c3=O)CC2)s1.I. The first-order valence-electron chi connectivity index (χ1n) is 9.28. The first-order valence-corrected chi connectivity index (χ1v) is 10.1. The lowest BCUT2D eigenvalue weighted by molar-refractivity contribution is 0.371. The number of rotatable bonds is 5. The van der Waals surface area contributed by atoms with E-state index in [-0.39, 0.29) is 29.5 Å². The second kappa shape index (κ2) is 10.7. The van der Waals surface area contributed by atoms with Crippen LogP contribution in [0.3, 0.4) is 0 Å². The van der Waals surface area contributed by atoms with E-state index in [2.05, 4.69) is 32.1 Å². The van der Waals surface area contributed by atoms with Gasteiger partial charge in [0.1, 0.15) is 0 Å². The summed E-state index contributed by atoms with van der Waals surface area (Å²) in [6.45, 7) is 6.06. The highest BCUT2D eigenvalue weighted by Crippen LogP contribution is 2.13. The molecular formula is C18H28IN7OS. The number of nitrogens with one attached hydrogen (secondary N) is 1. The molecular weight excluding hydrogens is 489 g/mol.